The van der Waals surface area contributed by atoms with Gasteiger partial charge in [-0.25, -0.2) is 4.98 Å². The van der Waals surface area contributed by atoms with Gasteiger partial charge in [0.05, 0.1) is 11.4 Å². The second-order valence-corrected chi connectivity index (χ2v) is 11.6. The molecule has 0 saturated carbocycles. The van der Waals surface area contributed by atoms with E-state index in [4.69, 9.17) is 9.98 Å². The third kappa shape index (κ3) is 3.16. The fourth-order valence-corrected chi connectivity index (χ4v) is 6.68. The van der Waals surface area contributed by atoms with Gasteiger partial charge < -0.3 is 4.98 Å². The number of nitrogens with zero attached hydrogens (tertiary/aromatic N) is 2. The van der Waals surface area contributed by atoms with Crippen LogP contribution in [0, 0.1) is 5.92 Å². The minimum absolute atomic E-state index is 0.415. The van der Waals surface area contributed by atoms with Crippen LogP contribution in [0.4, 0.5) is 5.69 Å². The van der Waals surface area contributed by atoms with Gasteiger partial charge in [-0.15, -0.1) is 11.3 Å². The number of benzene rings is 3. The lowest BCUT2D eigenvalue weighted by Crippen LogP contribution is -2.06. The molecule has 0 fully saturated rings. The summed E-state index contributed by atoms with van der Waals surface area (Å²) >= 11 is 1.84. The zero-order chi connectivity index (χ0) is 23.8. The average molecular weight is 476 g/mol. The molecule has 0 atom stereocenters. The molecule has 7 rings (SSSR count). The van der Waals surface area contributed by atoms with Gasteiger partial charge >= 0.3 is 0 Å². The lowest BCUT2D eigenvalue weighted by Gasteiger charge is -2.17. The van der Waals surface area contributed by atoms with Crippen LogP contribution in [0.25, 0.3) is 43.2 Å². The van der Waals surface area contributed by atoms with Crippen molar-refractivity contribution in [2.75, 3.05) is 0 Å². The lowest BCUT2D eigenvalue weighted by atomic mass is 9.88. The monoisotopic (exact) mass is 475 g/mol. The maximum absolute atomic E-state index is 5.08. The van der Waals surface area contributed by atoms with E-state index in [1.165, 1.54) is 65.8 Å². The number of nitrogens with one attached hydrogen (secondary N) is 1. The first kappa shape index (κ1) is 21.1. The Kier molecular flexibility index (Phi) is 4.59. The van der Waals surface area contributed by atoms with E-state index in [-0.39, 0.29) is 0 Å². The summed E-state index contributed by atoms with van der Waals surface area (Å²) in [6.45, 7) is 8.90. The number of aliphatic imine (C=N–C) groups is 1. The molecular formula is C31H29N3S. The second-order valence-electron chi connectivity index (χ2n) is 10.7. The van der Waals surface area contributed by atoms with Crippen molar-refractivity contribution in [3.05, 3.63) is 70.5 Å². The highest BCUT2D eigenvalue weighted by molar-refractivity contribution is 7.18. The number of rotatable bonds is 3. The Bertz CT molecular complexity index is 1680. The molecule has 0 spiro atoms. The largest absolute Gasteiger partial charge is 0.345 e. The van der Waals surface area contributed by atoms with Crippen LogP contribution in [0.5, 0.6) is 0 Å². The normalized spacial score (nSPS) is 14.6. The third-order valence-corrected chi connectivity index (χ3v) is 8.70. The van der Waals surface area contributed by atoms with Crippen molar-refractivity contribution in [3.8, 4) is 22.4 Å². The number of hydrogen-bond acceptors (Lipinski definition) is 3. The van der Waals surface area contributed by atoms with Crippen molar-refractivity contribution < 1.29 is 0 Å². The molecule has 5 aromatic rings. The number of H-pyrrole nitrogens is 1. The Morgan fingerprint density at radius 1 is 0.857 bits per heavy atom. The van der Waals surface area contributed by atoms with Crippen molar-refractivity contribution in [3.63, 3.8) is 0 Å². The summed E-state index contributed by atoms with van der Waals surface area (Å²) in [4.78, 5) is 13.6. The maximum Gasteiger partial charge on any atom is 0.109 e. The first-order chi connectivity index (χ1) is 17.0. The molecule has 2 aliphatic rings. The molecule has 3 nitrogen and oxygen atoms in total. The Hall–Kier alpha value is -3.24. The summed E-state index contributed by atoms with van der Waals surface area (Å²) < 4.78 is 1.36. The number of aryl methyl sites for hydroxylation is 2. The standard InChI is InChI=1S/C31H29N3S/c1-16(2)27-15-24-22-9-6-19(14-25(22)30-23(11-12-35-30)28(24)32-27)18-5-8-21-20(13-18)7-10-26-29(21)34-31(33-26)17(3)4/h5-6,8-9,11-14,16-17H,7,10,15H2,1-4H3,(H,33,34). The zero-order valence-electron chi connectivity index (χ0n) is 20.7. The van der Waals surface area contributed by atoms with Gasteiger partial charge in [-0.1, -0.05) is 58.0 Å². The molecule has 3 heterocycles. The molecule has 3 aromatic carbocycles. The van der Waals surface area contributed by atoms with Gasteiger partial charge in [-0.05, 0) is 63.9 Å². The predicted octanol–water partition coefficient (Wildman–Crippen LogP) is 8.62. The highest BCUT2D eigenvalue weighted by Gasteiger charge is 2.24. The topological polar surface area (TPSA) is 41.0 Å². The van der Waals surface area contributed by atoms with Crippen molar-refractivity contribution in [2.24, 2.45) is 10.9 Å². The van der Waals surface area contributed by atoms with E-state index in [2.05, 4.69) is 80.5 Å². The Morgan fingerprint density at radius 3 is 2.51 bits per heavy atom. The molecule has 0 radical (unpaired) electrons. The van der Waals surface area contributed by atoms with Crippen LogP contribution in [0.15, 0.2) is 52.8 Å². The molecule has 1 N–H and O–H groups in total. The maximum atomic E-state index is 5.08. The molecule has 2 aromatic heterocycles. The van der Waals surface area contributed by atoms with Crippen LogP contribution in [0.2, 0.25) is 0 Å². The van der Waals surface area contributed by atoms with E-state index in [1.54, 1.807) is 0 Å². The number of aromatic nitrogens is 2. The SMILES string of the molecule is CC(C)C1=Nc2c(c3ccc(-c4ccc5c(c4)CCc4[nH]c(C(C)C)nc4-5)cc3c3sccc23)C1. The molecule has 1 aliphatic carbocycles. The smallest absolute Gasteiger partial charge is 0.109 e. The van der Waals surface area contributed by atoms with Crippen LogP contribution in [-0.2, 0) is 19.3 Å². The van der Waals surface area contributed by atoms with Gasteiger partial charge in [0.2, 0.25) is 0 Å². The van der Waals surface area contributed by atoms with E-state index in [9.17, 15) is 0 Å². The molecule has 0 saturated heterocycles. The van der Waals surface area contributed by atoms with E-state index in [1.807, 2.05) is 11.3 Å². The summed E-state index contributed by atoms with van der Waals surface area (Å²) in [7, 11) is 0. The number of hydrogen-bond donors (Lipinski definition) is 1. The lowest BCUT2D eigenvalue weighted by molar-refractivity contribution is 0.787. The van der Waals surface area contributed by atoms with Gasteiger partial charge in [-0.2, -0.15) is 0 Å². The highest BCUT2D eigenvalue weighted by Crippen LogP contribution is 2.45. The Morgan fingerprint density at radius 2 is 1.69 bits per heavy atom. The summed E-state index contributed by atoms with van der Waals surface area (Å²) in [6.07, 6.45) is 3.06. The van der Waals surface area contributed by atoms with Crippen molar-refractivity contribution in [1.82, 2.24) is 9.97 Å². The second kappa shape index (κ2) is 7.63. The van der Waals surface area contributed by atoms with Crippen molar-refractivity contribution in [2.45, 2.75) is 52.9 Å². The van der Waals surface area contributed by atoms with Crippen molar-refractivity contribution in [1.29, 1.82) is 0 Å². The Labute approximate surface area is 210 Å². The minimum Gasteiger partial charge on any atom is -0.345 e. The number of thiophene rings is 1. The van der Waals surface area contributed by atoms with Crippen LogP contribution < -0.4 is 0 Å². The van der Waals surface area contributed by atoms with Crippen LogP contribution >= 0.6 is 11.3 Å². The van der Waals surface area contributed by atoms with Gasteiger partial charge in [-0.3, -0.25) is 4.99 Å². The molecular weight excluding hydrogens is 446 g/mol. The molecule has 35 heavy (non-hydrogen) atoms. The molecule has 0 amide bonds. The van der Waals surface area contributed by atoms with Crippen LogP contribution in [0.3, 0.4) is 0 Å². The first-order valence-electron chi connectivity index (χ1n) is 12.7. The van der Waals surface area contributed by atoms with E-state index in [0.29, 0.717) is 11.8 Å². The summed E-state index contributed by atoms with van der Waals surface area (Å²) in [5.41, 5.74) is 11.6. The number of imidazole rings is 1. The van der Waals surface area contributed by atoms with Gasteiger partial charge in [0.25, 0.3) is 0 Å². The zero-order valence-corrected chi connectivity index (χ0v) is 21.5. The third-order valence-electron chi connectivity index (χ3n) is 7.76. The number of fused-ring (bicyclic) bond motifs is 9. The molecule has 174 valence electrons. The highest BCUT2D eigenvalue weighted by atomic mass is 32.1. The molecule has 0 unspecified atom stereocenters. The van der Waals surface area contributed by atoms with Crippen molar-refractivity contribution >= 4 is 43.6 Å². The summed E-state index contributed by atoms with van der Waals surface area (Å²) in [5, 5.41) is 6.24. The first-order valence-corrected chi connectivity index (χ1v) is 13.6. The Balaban J connectivity index is 1.35. The molecule has 4 heteroatoms. The van der Waals surface area contributed by atoms with Gasteiger partial charge in [0.15, 0.2) is 0 Å². The molecule has 1 aliphatic heterocycles. The fourth-order valence-electron chi connectivity index (χ4n) is 5.75. The van der Waals surface area contributed by atoms with Gasteiger partial charge in [0.1, 0.15) is 5.82 Å². The fraction of sp³-hybridized carbons (Fsp3) is 0.290. The minimum atomic E-state index is 0.415. The van der Waals surface area contributed by atoms with E-state index < -0.39 is 0 Å². The number of aromatic amines is 1. The van der Waals surface area contributed by atoms with Crippen LogP contribution in [-0.4, -0.2) is 15.7 Å². The summed E-state index contributed by atoms with van der Waals surface area (Å²) in [6, 6.07) is 16.2. The van der Waals surface area contributed by atoms with E-state index >= 15 is 0 Å². The predicted molar refractivity (Wildman–Crippen MR) is 149 cm³/mol. The van der Waals surface area contributed by atoms with Crippen LogP contribution in [0.1, 0.15) is 56.3 Å². The average Bonchev–Trinajstić information content (AvgIpc) is 3.61. The molecule has 0 bridgehead atoms. The van der Waals surface area contributed by atoms with Gasteiger partial charge in [0, 0.05) is 44.8 Å². The van der Waals surface area contributed by atoms with E-state index in [0.717, 1.165) is 30.8 Å². The quantitative estimate of drug-likeness (QED) is 0.279. The summed E-state index contributed by atoms with van der Waals surface area (Å²) in [5.74, 6) is 1.99.